The van der Waals surface area contributed by atoms with E-state index in [4.69, 9.17) is 28.9 Å². The van der Waals surface area contributed by atoms with Crippen molar-refractivity contribution in [3.8, 4) is 11.1 Å². The first-order valence-electron chi connectivity index (χ1n) is 6.02. The van der Waals surface area contributed by atoms with Crippen LogP contribution in [0.4, 0.5) is 5.00 Å². The van der Waals surface area contributed by atoms with E-state index >= 15 is 0 Å². The number of nitrogen functional groups attached to an aromatic ring is 1. The van der Waals surface area contributed by atoms with Crippen LogP contribution in [0.2, 0.25) is 10.0 Å². The monoisotopic (exact) mass is 297 g/mol. The molecule has 2 N–H and O–H groups in total. The van der Waals surface area contributed by atoms with Gasteiger partial charge in [-0.25, -0.2) is 0 Å². The fraction of sp³-hybridized carbons (Fsp3) is 0.286. The van der Waals surface area contributed by atoms with Crippen LogP contribution in [0, 0.1) is 0 Å². The van der Waals surface area contributed by atoms with Gasteiger partial charge in [0.05, 0.1) is 15.0 Å². The summed E-state index contributed by atoms with van der Waals surface area (Å²) in [5, 5.41) is 2.08. The van der Waals surface area contributed by atoms with Crippen molar-refractivity contribution in [2.24, 2.45) is 0 Å². The molecule has 1 nitrogen and oxygen atoms in total. The Morgan fingerprint density at radius 2 is 1.83 bits per heavy atom. The van der Waals surface area contributed by atoms with E-state index < -0.39 is 0 Å². The van der Waals surface area contributed by atoms with E-state index in [1.807, 2.05) is 18.2 Å². The predicted molar refractivity (Wildman–Crippen MR) is 80.8 cm³/mol. The Labute approximate surface area is 121 Å². The van der Waals surface area contributed by atoms with Crippen LogP contribution >= 0.6 is 34.5 Å². The minimum Gasteiger partial charge on any atom is -0.390 e. The average Bonchev–Trinajstić information content (AvgIpc) is 2.69. The third-order valence-corrected chi connectivity index (χ3v) is 5.27. The Hall–Kier alpha value is -0.700. The first-order valence-corrected chi connectivity index (χ1v) is 7.59. The number of thiophene rings is 1. The second kappa shape index (κ2) is 4.76. The van der Waals surface area contributed by atoms with Crippen molar-refractivity contribution in [3.63, 3.8) is 0 Å². The maximum atomic E-state index is 6.18. The van der Waals surface area contributed by atoms with Crippen molar-refractivity contribution in [1.29, 1.82) is 0 Å². The Balaban J connectivity index is 2.16. The molecule has 1 aromatic carbocycles. The van der Waals surface area contributed by atoms with Crippen LogP contribution in [0.25, 0.3) is 11.1 Å². The molecule has 1 aliphatic rings. The van der Waals surface area contributed by atoms with Crippen molar-refractivity contribution in [3.05, 3.63) is 38.7 Å². The van der Waals surface area contributed by atoms with Crippen LogP contribution in [-0.4, -0.2) is 0 Å². The van der Waals surface area contributed by atoms with Gasteiger partial charge in [-0.2, -0.15) is 0 Å². The predicted octanol–water partition coefficient (Wildman–Crippen LogP) is 5.18. The van der Waals surface area contributed by atoms with Gasteiger partial charge in [0, 0.05) is 10.4 Å². The molecule has 94 valence electrons. The number of benzene rings is 1. The molecule has 1 aliphatic carbocycles. The van der Waals surface area contributed by atoms with Gasteiger partial charge in [-0.15, -0.1) is 11.3 Å². The molecule has 0 unspecified atom stereocenters. The Kier molecular flexibility index (Phi) is 3.27. The van der Waals surface area contributed by atoms with Gasteiger partial charge in [-0.3, -0.25) is 0 Å². The minimum atomic E-state index is 0.586. The third kappa shape index (κ3) is 2.03. The second-order valence-corrected chi connectivity index (χ2v) is 6.53. The van der Waals surface area contributed by atoms with Gasteiger partial charge < -0.3 is 5.73 Å². The zero-order chi connectivity index (χ0) is 12.7. The largest absolute Gasteiger partial charge is 0.390 e. The van der Waals surface area contributed by atoms with Crippen LogP contribution in [0.3, 0.4) is 0 Å². The molecular weight excluding hydrogens is 285 g/mol. The highest BCUT2D eigenvalue weighted by Gasteiger charge is 2.20. The van der Waals surface area contributed by atoms with Gasteiger partial charge in [-0.1, -0.05) is 29.3 Å². The number of rotatable bonds is 1. The van der Waals surface area contributed by atoms with E-state index in [0.717, 1.165) is 23.4 Å². The number of aryl methyl sites for hydroxylation is 1. The molecule has 0 radical (unpaired) electrons. The maximum Gasteiger partial charge on any atom is 0.0941 e. The average molecular weight is 298 g/mol. The molecule has 2 aromatic rings. The Morgan fingerprint density at radius 1 is 1.06 bits per heavy atom. The summed E-state index contributed by atoms with van der Waals surface area (Å²) in [6.07, 6.45) is 4.80. The van der Waals surface area contributed by atoms with Crippen LogP contribution in [0.1, 0.15) is 23.3 Å². The molecule has 0 spiro atoms. The molecule has 18 heavy (non-hydrogen) atoms. The highest BCUT2D eigenvalue weighted by atomic mass is 35.5. The fourth-order valence-electron chi connectivity index (χ4n) is 2.56. The molecule has 0 saturated heterocycles. The topological polar surface area (TPSA) is 26.0 Å². The highest BCUT2D eigenvalue weighted by molar-refractivity contribution is 7.16. The lowest BCUT2D eigenvalue weighted by Crippen LogP contribution is -1.99. The van der Waals surface area contributed by atoms with E-state index in [-0.39, 0.29) is 0 Å². The second-order valence-electron chi connectivity index (χ2n) is 4.58. The Morgan fingerprint density at radius 3 is 2.61 bits per heavy atom. The van der Waals surface area contributed by atoms with E-state index in [9.17, 15) is 0 Å². The van der Waals surface area contributed by atoms with Crippen molar-refractivity contribution >= 4 is 39.5 Å². The number of halogens is 2. The normalized spacial score (nSPS) is 14.6. The Bertz CT molecular complexity index is 604. The number of nitrogens with two attached hydrogens (primary N) is 1. The van der Waals surface area contributed by atoms with Gasteiger partial charge in [-0.05, 0) is 48.9 Å². The van der Waals surface area contributed by atoms with E-state index in [0.29, 0.717) is 10.0 Å². The summed E-state index contributed by atoms with van der Waals surface area (Å²) in [5.41, 5.74) is 9.86. The maximum absolute atomic E-state index is 6.18. The van der Waals surface area contributed by atoms with E-state index in [1.165, 1.54) is 28.8 Å². The summed E-state index contributed by atoms with van der Waals surface area (Å²) in [7, 11) is 0. The van der Waals surface area contributed by atoms with Gasteiger partial charge in [0.15, 0.2) is 0 Å². The zero-order valence-corrected chi connectivity index (χ0v) is 12.1. The fourth-order valence-corrected chi connectivity index (χ4v) is 4.04. The quantitative estimate of drug-likeness (QED) is 0.771. The van der Waals surface area contributed by atoms with Gasteiger partial charge in [0.25, 0.3) is 0 Å². The van der Waals surface area contributed by atoms with Gasteiger partial charge in [0.1, 0.15) is 0 Å². The lowest BCUT2D eigenvalue weighted by molar-refractivity contribution is 0.698. The molecule has 1 heterocycles. The van der Waals surface area contributed by atoms with Crippen molar-refractivity contribution in [2.75, 3.05) is 5.73 Å². The third-order valence-electron chi connectivity index (χ3n) is 3.41. The minimum absolute atomic E-state index is 0.586. The lowest BCUT2D eigenvalue weighted by Gasteiger charge is -2.13. The van der Waals surface area contributed by atoms with Crippen LogP contribution in [-0.2, 0) is 12.8 Å². The van der Waals surface area contributed by atoms with Gasteiger partial charge >= 0.3 is 0 Å². The summed E-state index contributed by atoms with van der Waals surface area (Å²) in [5.74, 6) is 0. The molecular formula is C14H13Cl2NS. The molecule has 0 aliphatic heterocycles. The molecule has 0 bridgehead atoms. The summed E-state index contributed by atoms with van der Waals surface area (Å²) in [6, 6.07) is 5.75. The smallest absolute Gasteiger partial charge is 0.0941 e. The van der Waals surface area contributed by atoms with E-state index in [2.05, 4.69) is 0 Å². The van der Waals surface area contributed by atoms with Gasteiger partial charge in [0.2, 0.25) is 0 Å². The standard InChI is InChI=1S/C14H13Cl2NS/c15-10-6-5-8(7-11(10)16)13-9-3-1-2-4-12(9)18-14(13)17/h5-7H,1-4,17H2. The number of fused-ring (bicyclic) bond motifs is 1. The highest BCUT2D eigenvalue weighted by Crippen LogP contribution is 2.43. The molecule has 0 saturated carbocycles. The molecule has 4 heteroatoms. The summed E-state index contributed by atoms with van der Waals surface area (Å²) in [4.78, 5) is 1.44. The summed E-state index contributed by atoms with van der Waals surface area (Å²) in [6.45, 7) is 0. The van der Waals surface area contributed by atoms with Crippen LogP contribution in [0.5, 0.6) is 0 Å². The first kappa shape index (κ1) is 12.3. The van der Waals surface area contributed by atoms with Crippen molar-refractivity contribution in [1.82, 2.24) is 0 Å². The molecule has 0 atom stereocenters. The lowest BCUT2D eigenvalue weighted by atomic mass is 9.92. The van der Waals surface area contributed by atoms with Crippen LogP contribution in [0.15, 0.2) is 18.2 Å². The number of hydrogen-bond donors (Lipinski definition) is 1. The summed E-state index contributed by atoms with van der Waals surface area (Å²) >= 11 is 13.8. The molecule has 0 fully saturated rings. The van der Waals surface area contributed by atoms with Crippen molar-refractivity contribution in [2.45, 2.75) is 25.7 Å². The number of anilines is 1. The first-order chi connectivity index (χ1) is 8.66. The zero-order valence-electron chi connectivity index (χ0n) is 9.80. The summed E-state index contributed by atoms with van der Waals surface area (Å²) < 4.78 is 0. The number of hydrogen-bond acceptors (Lipinski definition) is 2. The van der Waals surface area contributed by atoms with Crippen LogP contribution < -0.4 is 5.73 Å². The van der Waals surface area contributed by atoms with E-state index in [1.54, 1.807) is 11.3 Å². The molecule has 3 rings (SSSR count). The van der Waals surface area contributed by atoms with Crippen molar-refractivity contribution < 1.29 is 0 Å². The SMILES string of the molecule is Nc1sc2c(c1-c1ccc(Cl)c(Cl)c1)CCCC2. The molecule has 0 amide bonds. The molecule has 1 aromatic heterocycles.